The molecule has 21 heavy (non-hydrogen) atoms. The highest BCUT2D eigenvalue weighted by Crippen LogP contribution is 2.29. The molecule has 0 fully saturated rings. The van der Waals surface area contributed by atoms with Crippen LogP contribution in [0.1, 0.15) is 16.7 Å². The number of nitrogens with two attached hydrogens (primary N) is 1. The molecule has 0 aliphatic carbocycles. The van der Waals surface area contributed by atoms with E-state index in [-0.39, 0.29) is 15.7 Å². The van der Waals surface area contributed by atoms with E-state index in [0.29, 0.717) is 9.90 Å². The fourth-order valence-electron chi connectivity index (χ4n) is 1.65. The second-order valence-electron chi connectivity index (χ2n) is 4.41. The molecular weight excluding hydrogens is 348 g/mol. The molecule has 0 radical (unpaired) electrons. The van der Waals surface area contributed by atoms with Crippen molar-refractivity contribution >= 4 is 50.2 Å². The van der Waals surface area contributed by atoms with Gasteiger partial charge >= 0.3 is 0 Å². The van der Waals surface area contributed by atoms with Crippen molar-refractivity contribution in [2.24, 2.45) is 5.73 Å². The third-order valence-electron chi connectivity index (χ3n) is 2.78. The van der Waals surface area contributed by atoms with Gasteiger partial charge in [-0.15, -0.1) is 11.3 Å². The van der Waals surface area contributed by atoms with Crippen molar-refractivity contribution in [1.29, 1.82) is 0 Å². The molecule has 0 amide bonds. The Morgan fingerprint density at radius 2 is 2.14 bits per heavy atom. The Balaban J connectivity index is 2.15. The van der Waals surface area contributed by atoms with Crippen LogP contribution in [0.2, 0.25) is 4.34 Å². The molecule has 0 saturated carbocycles. The standard InChI is InChI=1S/C13H13ClN2O2S3/c1-8-5-11(20-12(8)14)21(17,18)16-7-9-3-2-4-10(6-9)13(15)19/h2-6,16H,7H2,1H3,(H2,15,19). The molecule has 8 heteroatoms. The number of thiocarbonyl (C=S) groups is 1. The van der Waals surface area contributed by atoms with E-state index in [9.17, 15) is 8.42 Å². The first kappa shape index (κ1) is 16.4. The molecule has 112 valence electrons. The predicted molar refractivity (Wildman–Crippen MR) is 90.4 cm³/mol. The van der Waals surface area contributed by atoms with Gasteiger partial charge in [-0.2, -0.15) is 0 Å². The number of nitrogens with one attached hydrogen (secondary N) is 1. The van der Waals surface area contributed by atoms with Crippen LogP contribution in [0, 0.1) is 6.92 Å². The monoisotopic (exact) mass is 360 g/mol. The molecule has 3 N–H and O–H groups in total. The van der Waals surface area contributed by atoms with Crippen LogP contribution in [0.25, 0.3) is 0 Å². The summed E-state index contributed by atoms with van der Waals surface area (Å²) < 4.78 is 27.6. The second-order valence-corrected chi connectivity index (χ2v) is 8.50. The van der Waals surface area contributed by atoms with E-state index in [2.05, 4.69) is 4.72 Å². The minimum absolute atomic E-state index is 0.160. The molecule has 1 aromatic heterocycles. The lowest BCUT2D eigenvalue weighted by atomic mass is 10.1. The minimum Gasteiger partial charge on any atom is -0.389 e. The Labute approximate surface area is 138 Å². The van der Waals surface area contributed by atoms with E-state index >= 15 is 0 Å². The summed E-state index contributed by atoms with van der Waals surface area (Å²) in [6.45, 7) is 1.93. The average molecular weight is 361 g/mol. The molecule has 2 aromatic rings. The minimum atomic E-state index is -3.57. The van der Waals surface area contributed by atoms with Crippen LogP contribution >= 0.6 is 35.2 Å². The van der Waals surface area contributed by atoms with Gasteiger partial charge in [-0.25, -0.2) is 13.1 Å². The molecule has 4 nitrogen and oxygen atoms in total. The Morgan fingerprint density at radius 1 is 1.43 bits per heavy atom. The zero-order chi connectivity index (χ0) is 15.6. The Kier molecular flexibility index (Phi) is 5.00. The van der Waals surface area contributed by atoms with Crippen molar-refractivity contribution in [3.63, 3.8) is 0 Å². The van der Waals surface area contributed by atoms with Crippen LogP contribution in [0.4, 0.5) is 0 Å². The summed E-state index contributed by atoms with van der Waals surface area (Å²) in [5.41, 5.74) is 7.79. The Bertz CT molecular complexity index is 765. The zero-order valence-corrected chi connectivity index (χ0v) is 14.3. The first-order chi connectivity index (χ1) is 9.79. The van der Waals surface area contributed by atoms with E-state index in [4.69, 9.17) is 29.6 Å². The van der Waals surface area contributed by atoms with Crippen LogP contribution < -0.4 is 10.5 Å². The largest absolute Gasteiger partial charge is 0.389 e. The molecule has 0 aliphatic heterocycles. The lowest BCUT2D eigenvalue weighted by Crippen LogP contribution is -2.22. The molecule has 0 aliphatic rings. The Hall–Kier alpha value is -0.990. The quantitative estimate of drug-likeness (QED) is 0.804. The summed E-state index contributed by atoms with van der Waals surface area (Å²) in [6.07, 6.45) is 0. The summed E-state index contributed by atoms with van der Waals surface area (Å²) in [4.78, 5) is 0.278. The number of hydrogen-bond donors (Lipinski definition) is 2. The van der Waals surface area contributed by atoms with Crippen molar-refractivity contribution in [2.75, 3.05) is 0 Å². The fraction of sp³-hybridized carbons (Fsp3) is 0.154. The van der Waals surface area contributed by atoms with Gasteiger partial charge in [0.2, 0.25) is 10.0 Å². The molecule has 0 saturated heterocycles. The third-order valence-corrected chi connectivity index (χ3v) is 6.44. The van der Waals surface area contributed by atoms with Crippen molar-refractivity contribution in [3.05, 3.63) is 51.4 Å². The molecule has 1 aromatic carbocycles. The Morgan fingerprint density at radius 3 is 2.71 bits per heavy atom. The number of benzene rings is 1. The summed E-state index contributed by atoms with van der Waals surface area (Å²) in [5, 5.41) is 0. The van der Waals surface area contributed by atoms with Crippen LogP contribution in [0.15, 0.2) is 34.5 Å². The molecular formula is C13H13ClN2O2S3. The van der Waals surface area contributed by atoms with E-state index in [1.165, 1.54) is 0 Å². The van der Waals surface area contributed by atoms with Gasteiger partial charge in [-0.1, -0.05) is 42.0 Å². The highest BCUT2D eigenvalue weighted by molar-refractivity contribution is 7.91. The van der Waals surface area contributed by atoms with Gasteiger partial charge in [0.1, 0.15) is 9.20 Å². The molecule has 0 bridgehead atoms. The van der Waals surface area contributed by atoms with Gasteiger partial charge in [0.25, 0.3) is 0 Å². The number of rotatable bonds is 5. The maximum absolute atomic E-state index is 12.2. The number of hydrogen-bond acceptors (Lipinski definition) is 4. The van der Waals surface area contributed by atoms with E-state index in [1.54, 1.807) is 37.3 Å². The van der Waals surface area contributed by atoms with Gasteiger partial charge in [0.15, 0.2) is 0 Å². The van der Waals surface area contributed by atoms with Gasteiger partial charge in [-0.05, 0) is 30.2 Å². The van der Waals surface area contributed by atoms with Crippen LogP contribution in [-0.4, -0.2) is 13.4 Å². The first-order valence-electron chi connectivity index (χ1n) is 5.94. The van der Waals surface area contributed by atoms with Crippen LogP contribution in [0.5, 0.6) is 0 Å². The lowest BCUT2D eigenvalue weighted by Gasteiger charge is -2.06. The summed E-state index contributed by atoms with van der Waals surface area (Å²) >= 11 is 11.8. The maximum atomic E-state index is 12.2. The van der Waals surface area contributed by atoms with Crippen molar-refractivity contribution in [2.45, 2.75) is 17.7 Å². The smallest absolute Gasteiger partial charge is 0.250 e. The SMILES string of the molecule is Cc1cc(S(=O)(=O)NCc2cccc(C(N)=S)c2)sc1Cl. The topological polar surface area (TPSA) is 72.2 Å². The predicted octanol–water partition coefficient (Wildman–Crippen LogP) is 2.82. The molecule has 0 atom stereocenters. The summed E-state index contributed by atoms with van der Waals surface area (Å²) in [7, 11) is -3.57. The van der Waals surface area contributed by atoms with Gasteiger partial charge in [0.05, 0.1) is 4.34 Å². The molecule has 1 heterocycles. The summed E-state index contributed by atoms with van der Waals surface area (Å²) in [5.74, 6) is 0. The highest BCUT2D eigenvalue weighted by Gasteiger charge is 2.18. The highest BCUT2D eigenvalue weighted by atomic mass is 35.5. The number of sulfonamides is 1. The maximum Gasteiger partial charge on any atom is 0.250 e. The summed E-state index contributed by atoms with van der Waals surface area (Å²) in [6, 6.07) is 8.68. The first-order valence-corrected chi connectivity index (χ1v) is 9.02. The van der Waals surface area contributed by atoms with Crippen molar-refractivity contribution < 1.29 is 8.42 Å². The van der Waals surface area contributed by atoms with Gasteiger partial charge < -0.3 is 5.73 Å². The number of halogens is 1. The average Bonchev–Trinajstić information content (AvgIpc) is 2.78. The lowest BCUT2D eigenvalue weighted by molar-refractivity contribution is 0.583. The second kappa shape index (κ2) is 6.41. The molecule has 0 spiro atoms. The number of thiophene rings is 1. The van der Waals surface area contributed by atoms with Crippen LogP contribution in [-0.2, 0) is 16.6 Å². The van der Waals surface area contributed by atoms with Gasteiger partial charge in [0, 0.05) is 12.1 Å². The van der Waals surface area contributed by atoms with Crippen molar-refractivity contribution in [1.82, 2.24) is 4.72 Å². The van der Waals surface area contributed by atoms with E-state index < -0.39 is 10.0 Å². The normalized spacial score (nSPS) is 11.5. The molecule has 0 unspecified atom stereocenters. The van der Waals surface area contributed by atoms with Gasteiger partial charge in [-0.3, -0.25) is 0 Å². The zero-order valence-electron chi connectivity index (χ0n) is 11.1. The van der Waals surface area contributed by atoms with E-state index in [0.717, 1.165) is 22.5 Å². The van der Waals surface area contributed by atoms with E-state index in [1.807, 2.05) is 0 Å². The van der Waals surface area contributed by atoms with Crippen molar-refractivity contribution in [3.8, 4) is 0 Å². The molecule has 2 rings (SSSR count). The van der Waals surface area contributed by atoms with Crippen LogP contribution in [0.3, 0.4) is 0 Å². The third kappa shape index (κ3) is 4.02. The fourth-order valence-corrected chi connectivity index (χ4v) is 4.55. The number of aryl methyl sites for hydroxylation is 1.